The second-order valence-electron chi connectivity index (χ2n) is 4.43. The van der Waals surface area contributed by atoms with Gasteiger partial charge in [0.2, 0.25) is 0 Å². The van der Waals surface area contributed by atoms with Gasteiger partial charge in [0.15, 0.2) is 0 Å². The van der Waals surface area contributed by atoms with Gasteiger partial charge in [-0.05, 0) is 37.6 Å². The molecule has 6 heteroatoms. The predicted octanol–water partition coefficient (Wildman–Crippen LogP) is 2.41. The number of nitrogens with zero attached hydrogens (tertiary/aromatic N) is 3. The fourth-order valence-electron chi connectivity index (χ4n) is 1.77. The summed E-state index contributed by atoms with van der Waals surface area (Å²) in [7, 11) is 0. The summed E-state index contributed by atoms with van der Waals surface area (Å²) in [5, 5.41) is 8.15. The lowest BCUT2D eigenvalue weighted by molar-refractivity contribution is -0.121. The number of nitrogens with one attached hydrogen (secondary N) is 1. The van der Waals surface area contributed by atoms with Crippen LogP contribution in [0.15, 0.2) is 39.9 Å². The highest BCUT2D eigenvalue weighted by Gasteiger charge is 2.05. The van der Waals surface area contributed by atoms with Crippen LogP contribution in [-0.2, 0) is 11.3 Å². The van der Waals surface area contributed by atoms with E-state index in [1.165, 1.54) is 0 Å². The highest BCUT2D eigenvalue weighted by atomic mass is 79.9. The fraction of sp³-hybridized carbons (Fsp3) is 0.214. The number of aryl methyl sites for hydroxylation is 2. The minimum atomic E-state index is -0.206. The third-order valence-electron chi connectivity index (χ3n) is 2.65. The zero-order chi connectivity index (χ0) is 14.5. The summed E-state index contributed by atoms with van der Waals surface area (Å²) >= 11 is 3.38. The molecule has 0 bridgehead atoms. The van der Waals surface area contributed by atoms with Gasteiger partial charge in [-0.25, -0.2) is 5.43 Å². The molecule has 104 valence electrons. The molecule has 0 spiro atoms. The minimum absolute atomic E-state index is 0.162. The molecule has 0 fully saturated rings. The summed E-state index contributed by atoms with van der Waals surface area (Å²) in [6.07, 6.45) is 1.60. The molecule has 1 amide bonds. The van der Waals surface area contributed by atoms with Gasteiger partial charge in [-0.15, -0.1) is 0 Å². The average molecular weight is 335 g/mol. The normalized spacial score (nSPS) is 10.9. The van der Waals surface area contributed by atoms with Crippen molar-refractivity contribution in [1.29, 1.82) is 0 Å². The van der Waals surface area contributed by atoms with Crippen molar-refractivity contribution < 1.29 is 4.79 Å². The molecule has 1 aromatic heterocycles. The standard InChI is InChI=1S/C14H15BrN4O/c1-10-6-11(2)19(18-10)9-14(20)17-16-8-12-4-3-5-13(15)7-12/h3-8H,9H2,1-2H3,(H,17,20)/b16-8-. The second-order valence-corrected chi connectivity index (χ2v) is 5.35. The number of carbonyl (C=O) groups excluding carboxylic acids is 1. The van der Waals surface area contributed by atoms with Crippen LogP contribution in [0.25, 0.3) is 0 Å². The Morgan fingerprint density at radius 2 is 2.25 bits per heavy atom. The van der Waals surface area contributed by atoms with E-state index >= 15 is 0 Å². The van der Waals surface area contributed by atoms with Crippen LogP contribution in [0.3, 0.4) is 0 Å². The van der Waals surface area contributed by atoms with Crippen molar-refractivity contribution >= 4 is 28.1 Å². The number of carbonyl (C=O) groups is 1. The molecule has 1 aromatic carbocycles. The highest BCUT2D eigenvalue weighted by molar-refractivity contribution is 9.10. The van der Waals surface area contributed by atoms with E-state index in [1.54, 1.807) is 10.9 Å². The molecule has 0 saturated heterocycles. The molecule has 0 unspecified atom stereocenters. The van der Waals surface area contributed by atoms with Crippen LogP contribution in [0, 0.1) is 13.8 Å². The van der Waals surface area contributed by atoms with Gasteiger partial charge in [0, 0.05) is 10.2 Å². The third-order valence-corrected chi connectivity index (χ3v) is 3.14. The molecule has 0 atom stereocenters. The van der Waals surface area contributed by atoms with Gasteiger partial charge in [-0.2, -0.15) is 10.2 Å². The molecule has 0 radical (unpaired) electrons. The summed E-state index contributed by atoms with van der Waals surface area (Å²) in [6, 6.07) is 9.58. The van der Waals surface area contributed by atoms with E-state index in [0.717, 1.165) is 21.4 Å². The minimum Gasteiger partial charge on any atom is -0.271 e. The molecule has 0 saturated carbocycles. The van der Waals surface area contributed by atoms with Crippen LogP contribution in [0.1, 0.15) is 17.0 Å². The van der Waals surface area contributed by atoms with Crippen LogP contribution in [0.4, 0.5) is 0 Å². The summed E-state index contributed by atoms with van der Waals surface area (Å²) in [5.41, 5.74) is 5.25. The van der Waals surface area contributed by atoms with Crippen molar-refractivity contribution in [2.75, 3.05) is 0 Å². The van der Waals surface area contributed by atoms with Gasteiger partial charge in [0.05, 0.1) is 11.9 Å². The van der Waals surface area contributed by atoms with Crippen molar-refractivity contribution in [2.24, 2.45) is 5.10 Å². The zero-order valence-corrected chi connectivity index (χ0v) is 12.9. The molecule has 5 nitrogen and oxygen atoms in total. The fourth-order valence-corrected chi connectivity index (χ4v) is 2.19. The zero-order valence-electron chi connectivity index (χ0n) is 11.3. The number of benzene rings is 1. The lowest BCUT2D eigenvalue weighted by atomic mass is 10.2. The second kappa shape index (κ2) is 6.47. The number of hydrazone groups is 1. The van der Waals surface area contributed by atoms with E-state index in [4.69, 9.17) is 0 Å². The van der Waals surface area contributed by atoms with Gasteiger partial charge in [-0.1, -0.05) is 28.1 Å². The first-order valence-electron chi connectivity index (χ1n) is 6.13. The number of rotatable bonds is 4. The van der Waals surface area contributed by atoms with Gasteiger partial charge >= 0.3 is 0 Å². The average Bonchev–Trinajstić information content (AvgIpc) is 2.68. The van der Waals surface area contributed by atoms with E-state index in [1.807, 2.05) is 44.2 Å². The van der Waals surface area contributed by atoms with Crippen LogP contribution in [0.5, 0.6) is 0 Å². The molecule has 0 aliphatic heterocycles. The van der Waals surface area contributed by atoms with Crippen molar-refractivity contribution in [3.05, 3.63) is 51.8 Å². The maximum atomic E-state index is 11.7. The molecule has 2 rings (SSSR count). The maximum absolute atomic E-state index is 11.7. The van der Waals surface area contributed by atoms with E-state index in [9.17, 15) is 4.79 Å². The Bertz CT molecular complexity index is 648. The molecular formula is C14H15BrN4O. The molecule has 0 aliphatic rings. The Morgan fingerprint density at radius 1 is 1.45 bits per heavy atom. The topological polar surface area (TPSA) is 59.3 Å². The first-order valence-corrected chi connectivity index (χ1v) is 6.92. The van der Waals surface area contributed by atoms with Crippen molar-refractivity contribution in [3.8, 4) is 0 Å². The number of aromatic nitrogens is 2. The number of hydrogen-bond acceptors (Lipinski definition) is 3. The van der Waals surface area contributed by atoms with Crippen molar-refractivity contribution in [2.45, 2.75) is 20.4 Å². The van der Waals surface area contributed by atoms with Crippen LogP contribution in [-0.4, -0.2) is 21.9 Å². The Balaban J connectivity index is 1.91. The summed E-state index contributed by atoms with van der Waals surface area (Å²) in [4.78, 5) is 11.7. The lowest BCUT2D eigenvalue weighted by Gasteiger charge is -2.02. The molecular weight excluding hydrogens is 320 g/mol. The number of hydrogen-bond donors (Lipinski definition) is 1. The van der Waals surface area contributed by atoms with Crippen LogP contribution < -0.4 is 5.43 Å². The molecule has 1 N–H and O–H groups in total. The van der Waals surface area contributed by atoms with Gasteiger partial charge in [0.25, 0.3) is 5.91 Å². The first-order chi connectivity index (χ1) is 9.54. The Hall–Kier alpha value is -1.95. The smallest absolute Gasteiger partial charge is 0.261 e. The first kappa shape index (κ1) is 14.5. The summed E-state index contributed by atoms with van der Waals surface area (Å²) in [6.45, 7) is 3.97. The molecule has 1 heterocycles. The van der Waals surface area contributed by atoms with E-state index in [0.29, 0.717) is 0 Å². The lowest BCUT2D eigenvalue weighted by Crippen LogP contribution is -2.24. The Morgan fingerprint density at radius 3 is 2.90 bits per heavy atom. The van der Waals surface area contributed by atoms with E-state index in [2.05, 4.69) is 31.6 Å². The van der Waals surface area contributed by atoms with Crippen LogP contribution in [0.2, 0.25) is 0 Å². The number of amides is 1. The van der Waals surface area contributed by atoms with Gasteiger partial charge in [0.1, 0.15) is 6.54 Å². The number of halogens is 1. The van der Waals surface area contributed by atoms with Gasteiger partial charge < -0.3 is 0 Å². The van der Waals surface area contributed by atoms with Gasteiger partial charge in [-0.3, -0.25) is 9.48 Å². The van der Waals surface area contributed by atoms with E-state index < -0.39 is 0 Å². The van der Waals surface area contributed by atoms with Crippen LogP contribution >= 0.6 is 15.9 Å². The maximum Gasteiger partial charge on any atom is 0.261 e. The predicted molar refractivity (Wildman–Crippen MR) is 81.6 cm³/mol. The van der Waals surface area contributed by atoms with E-state index in [-0.39, 0.29) is 12.5 Å². The van der Waals surface area contributed by atoms with Crippen molar-refractivity contribution in [1.82, 2.24) is 15.2 Å². The molecule has 2 aromatic rings. The Kier molecular flexibility index (Phi) is 4.68. The SMILES string of the molecule is Cc1cc(C)n(CC(=O)N/N=C\c2cccc(Br)c2)n1. The summed E-state index contributed by atoms with van der Waals surface area (Å²) in [5.74, 6) is -0.206. The highest BCUT2D eigenvalue weighted by Crippen LogP contribution is 2.09. The Labute approximate surface area is 125 Å². The third kappa shape index (κ3) is 4.03. The quantitative estimate of drug-likeness (QED) is 0.689. The van der Waals surface area contributed by atoms with Crippen molar-refractivity contribution in [3.63, 3.8) is 0 Å². The molecule has 20 heavy (non-hydrogen) atoms. The molecule has 0 aliphatic carbocycles. The largest absolute Gasteiger partial charge is 0.271 e. The summed E-state index contributed by atoms with van der Waals surface area (Å²) < 4.78 is 2.62. The monoisotopic (exact) mass is 334 g/mol.